The summed E-state index contributed by atoms with van der Waals surface area (Å²) in [6.45, 7) is 3.33. The lowest BCUT2D eigenvalue weighted by Gasteiger charge is -2.37. The third-order valence-corrected chi connectivity index (χ3v) is 5.80. The smallest absolute Gasteiger partial charge is 0.154 e. The number of rotatable bonds is 2. The van der Waals surface area contributed by atoms with E-state index in [9.17, 15) is 0 Å². The maximum atomic E-state index is 6.62. The highest BCUT2D eigenvalue weighted by Gasteiger charge is 2.44. The first-order valence-corrected chi connectivity index (χ1v) is 9.35. The summed E-state index contributed by atoms with van der Waals surface area (Å²) in [5.74, 6) is 11.3. The van der Waals surface area contributed by atoms with Crippen molar-refractivity contribution >= 4 is 69.6 Å². The second-order valence-electron chi connectivity index (χ2n) is 5.28. The van der Waals surface area contributed by atoms with Crippen LogP contribution in [0, 0.1) is 23.7 Å². The highest BCUT2D eigenvalue weighted by Crippen LogP contribution is 2.42. The van der Waals surface area contributed by atoms with Crippen LogP contribution in [-0.2, 0) is 4.74 Å². The molecule has 132 valence electrons. The Hall–Kier alpha value is -0.220. The molecule has 0 saturated carbocycles. The molecular formula is C18H12Cl6O. The van der Waals surface area contributed by atoms with Crippen molar-refractivity contribution in [1.29, 1.82) is 0 Å². The summed E-state index contributed by atoms with van der Waals surface area (Å²) in [5, 5.41) is 1.21. The molecule has 0 bridgehead atoms. The average Bonchev–Trinajstić information content (AvgIpc) is 2.50. The Bertz CT molecular complexity index is 748. The van der Waals surface area contributed by atoms with E-state index in [0.29, 0.717) is 20.1 Å². The Labute approximate surface area is 177 Å². The highest BCUT2D eigenvalue weighted by atomic mass is 35.5. The number of hydrogen-bond donors (Lipinski definition) is 0. The molecule has 0 aromatic rings. The highest BCUT2D eigenvalue weighted by molar-refractivity contribution is 6.45. The van der Waals surface area contributed by atoms with E-state index in [1.54, 1.807) is 26.0 Å². The minimum atomic E-state index is -1.20. The molecule has 2 aliphatic carbocycles. The quantitative estimate of drug-likeness (QED) is 0.352. The van der Waals surface area contributed by atoms with E-state index in [1.807, 2.05) is 0 Å². The van der Waals surface area contributed by atoms with E-state index in [-0.39, 0.29) is 0 Å². The van der Waals surface area contributed by atoms with Crippen molar-refractivity contribution in [2.24, 2.45) is 0 Å². The first-order valence-electron chi connectivity index (χ1n) is 7.08. The van der Waals surface area contributed by atoms with E-state index >= 15 is 0 Å². The summed E-state index contributed by atoms with van der Waals surface area (Å²) in [4.78, 5) is -2.40. The zero-order valence-corrected chi connectivity index (χ0v) is 17.7. The topological polar surface area (TPSA) is 9.23 Å². The normalized spacial score (nSPS) is 34.4. The fraction of sp³-hybridized carbons (Fsp3) is 0.333. The standard InChI is InChI=1S/C18H12Cl6O/c1-3-5-17(23)9-13(21)11(19)7-15(17)25-16-8-12(20)14(22)10-18(16,24)6-4-2/h7-10,15-16H,1-2H3. The van der Waals surface area contributed by atoms with Crippen LogP contribution in [0.25, 0.3) is 0 Å². The van der Waals surface area contributed by atoms with Gasteiger partial charge in [-0.15, -0.1) is 11.8 Å². The molecule has 0 aromatic heterocycles. The third kappa shape index (κ3) is 4.55. The number of alkyl halides is 2. The van der Waals surface area contributed by atoms with Gasteiger partial charge in [-0.25, -0.2) is 0 Å². The minimum absolute atomic E-state index is 0.296. The van der Waals surface area contributed by atoms with Crippen LogP contribution in [0.5, 0.6) is 0 Å². The van der Waals surface area contributed by atoms with Gasteiger partial charge in [-0.2, -0.15) is 0 Å². The Balaban J connectivity index is 2.44. The van der Waals surface area contributed by atoms with E-state index in [2.05, 4.69) is 23.7 Å². The van der Waals surface area contributed by atoms with Crippen molar-refractivity contribution in [1.82, 2.24) is 0 Å². The van der Waals surface area contributed by atoms with Gasteiger partial charge in [-0.3, -0.25) is 0 Å². The van der Waals surface area contributed by atoms with Gasteiger partial charge in [0.1, 0.15) is 12.2 Å². The molecule has 0 fully saturated rings. The van der Waals surface area contributed by atoms with Gasteiger partial charge in [0, 0.05) is 0 Å². The van der Waals surface area contributed by atoms with Crippen LogP contribution >= 0.6 is 69.6 Å². The SMILES string of the molecule is CC#CC1(Cl)C=C(Cl)C(Cl)=CC1OC1C=C(Cl)C(Cl)=CC1(Cl)C#CC. The summed E-state index contributed by atoms with van der Waals surface area (Å²) in [7, 11) is 0. The molecule has 4 atom stereocenters. The molecule has 0 aliphatic heterocycles. The van der Waals surface area contributed by atoms with E-state index in [0.717, 1.165) is 0 Å². The van der Waals surface area contributed by atoms with Gasteiger partial charge < -0.3 is 4.74 Å². The second-order valence-corrected chi connectivity index (χ2v) is 8.16. The molecule has 1 nitrogen and oxygen atoms in total. The molecule has 0 heterocycles. The van der Waals surface area contributed by atoms with Crippen LogP contribution < -0.4 is 0 Å². The number of ether oxygens (including phenoxy) is 1. The molecule has 0 saturated heterocycles. The minimum Gasteiger partial charge on any atom is -0.360 e. The maximum Gasteiger partial charge on any atom is 0.154 e. The summed E-state index contributed by atoms with van der Waals surface area (Å²) >= 11 is 37.7. The van der Waals surface area contributed by atoms with Crippen LogP contribution in [0.4, 0.5) is 0 Å². The average molecular weight is 457 g/mol. The summed E-state index contributed by atoms with van der Waals surface area (Å²) in [5.41, 5.74) is 0. The van der Waals surface area contributed by atoms with Crippen molar-refractivity contribution in [3.63, 3.8) is 0 Å². The monoisotopic (exact) mass is 454 g/mol. The Morgan fingerprint density at radius 3 is 1.44 bits per heavy atom. The Morgan fingerprint density at radius 1 is 0.760 bits per heavy atom. The number of hydrogen-bond acceptors (Lipinski definition) is 1. The van der Waals surface area contributed by atoms with Crippen molar-refractivity contribution < 1.29 is 4.74 Å². The van der Waals surface area contributed by atoms with Crippen molar-refractivity contribution in [3.05, 3.63) is 44.4 Å². The molecule has 0 spiro atoms. The van der Waals surface area contributed by atoms with Crippen LogP contribution in [0.3, 0.4) is 0 Å². The predicted octanol–water partition coefficient (Wildman–Crippen LogP) is 6.26. The molecule has 0 aromatic carbocycles. The third-order valence-electron chi connectivity index (χ3n) is 3.48. The molecule has 2 aliphatic rings. The van der Waals surface area contributed by atoms with Gasteiger partial charge in [0.2, 0.25) is 0 Å². The van der Waals surface area contributed by atoms with Gasteiger partial charge in [-0.1, -0.05) is 81.4 Å². The maximum absolute atomic E-state index is 6.62. The summed E-state index contributed by atoms with van der Waals surface area (Å²) in [6.07, 6.45) is 4.78. The molecule has 4 unspecified atom stereocenters. The molecule has 2 rings (SSSR count). The fourth-order valence-electron chi connectivity index (χ4n) is 2.37. The molecule has 0 radical (unpaired) electrons. The summed E-state index contributed by atoms with van der Waals surface area (Å²) < 4.78 is 6.11. The Morgan fingerprint density at radius 2 is 1.12 bits per heavy atom. The lowest BCUT2D eigenvalue weighted by molar-refractivity contribution is 0.0276. The van der Waals surface area contributed by atoms with E-state index < -0.39 is 22.0 Å². The lowest BCUT2D eigenvalue weighted by atomic mass is 9.93. The van der Waals surface area contributed by atoms with Crippen LogP contribution in [0.15, 0.2) is 44.4 Å². The lowest BCUT2D eigenvalue weighted by Crippen LogP contribution is -2.45. The zero-order valence-electron chi connectivity index (χ0n) is 13.1. The van der Waals surface area contributed by atoms with Gasteiger partial charge in [-0.05, 0) is 38.2 Å². The van der Waals surface area contributed by atoms with Gasteiger partial charge in [0.05, 0.1) is 20.1 Å². The first kappa shape index (κ1) is 21.1. The van der Waals surface area contributed by atoms with E-state index in [1.165, 1.54) is 12.2 Å². The first-order chi connectivity index (χ1) is 11.6. The van der Waals surface area contributed by atoms with Gasteiger partial charge in [0.15, 0.2) is 9.75 Å². The molecule has 0 amide bonds. The fourth-order valence-corrected chi connectivity index (χ4v) is 3.93. The van der Waals surface area contributed by atoms with Crippen LogP contribution in [-0.4, -0.2) is 22.0 Å². The zero-order chi connectivity index (χ0) is 18.8. The van der Waals surface area contributed by atoms with Crippen molar-refractivity contribution in [3.8, 4) is 23.7 Å². The molecular weight excluding hydrogens is 445 g/mol. The number of halogens is 6. The molecule has 7 heteroatoms. The molecule has 25 heavy (non-hydrogen) atoms. The van der Waals surface area contributed by atoms with Gasteiger partial charge >= 0.3 is 0 Å². The van der Waals surface area contributed by atoms with Crippen molar-refractivity contribution in [2.75, 3.05) is 0 Å². The van der Waals surface area contributed by atoms with Crippen LogP contribution in [0.1, 0.15) is 13.8 Å². The van der Waals surface area contributed by atoms with Crippen LogP contribution in [0.2, 0.25) is 0 Å². The summed E-state index contributed by atoms with van der Waals surface area (Å²) in [6, 6.07) is 0. The molecule has 0 N–H and O–H groups in total. The van der Waals surface area contributed by atoms with Crippen molar-refractivity contribution in [2.45, 2.75) is 35.8 Å². The second kappa shape index (κ2) is 8.21. The van der Waals surface area contributed by atoms with E-state index in [4.69, 9.17) is 74.3 Å². The Kier molecular flexibility index (Phi) is 6.92. The number of allylic oxidation sites excluding steroid dienone is 4. The van der Waals surface area contributed by atoms with Gasteiger partial charge in [0.25, 0.3) is 0 Å². The predicted molar refractivity (Wildman–Crippen MR) is 108 cm³/mol. The largest absolute Gasteiger partial charge is 0.360 e.